The highest BCUT2D eigenvalue weighted by Gasteiger charge is 2.20. The van der Waals surface area contributed by atoms with Crippen molar-refractivity contribution in [1.82, 2.24) is 9.97 Å². The summed E-state index contributed by atoms with van der Waals surface area (Å²) in [7, 11) is 0. The van der Waals surface area contributed by atoms with Crippen LogP contribution in [0.3, 0.4) is 0 Å². The lowest BCUT2D eigenvalue weighted by molar-refractivity contribution is 0.917. The summed E-state index contributed by atoms with van der Waals surface area (Å²) in [5.74, 6) is 0.821. The summed E-state index contributed by atoms with van der Waals surface area (Å²) in [4.78, 5) is 12.4. The van der Waals surface area contributed by atoms with E-state index in [1.54, 1.807) is 29.0 Å². The molecule has 1 N–H and O–H groups in total. The van der Waals surface area contributed by atoms with Crippen LogP contribution in [0.1, 0.15) is 21.7 Å². The van der Waals surface area contributed by atoms with Gasteiger partial charge in [-0.3, -0.25) is 5.43 Å². The standard InChI is InChI=1S/C14H12N4S2/c1-4-10-11(5-1)20-14-12(10)13(15-8-16-14)18-17-7-9-3-2-6-19-9/h2-3,6-8H,1,4-5H2,(H,15,16,18)/b17-7-. The molecule has 0 aliphatic heterocycles. The third-order valence-electron chi connectivity index (χ3n) is 3.41. The summed E-state index contributed by atoms with van der Waals surface area (Å²) in [5, 5.41) is 7.49. The molecule has 1 aliphatic rings. The van der Waals surface area contributed by atoms with Crippen molar-refractivity contribution in [1.29, 1.82) is 0 Å². The molecular weight excluding hydrogens is 288 g/mol. The fraction of sp³-hybridized carbons (Fsp3) is 0.214. The molecule has 0 radical (unpaired) electrons. The Morgan fingerprint density at radius 2 is 2.30 bits per heavy atom. The Morgan fingerprint density at radius 1 is 1.30 bits per heavy atom. The van der Waals surface area contributed by atoms with Gasteiger partial charge in [0.2, 0.25) is 0 Å². The monoisotopic (exact) mass is 300 g/mol. The van der Waals surface area contributed by atoms with Crippen molar-refractivity contribution < 1.29 is 0 Å². The van der Waals surface area contributed by atoms with E-state index in [2.05, 4.69) is 20.5 Å². The van der Waals surface area contributed by atoms with Crippen LogP contribution in [0.2, 0.25) is 0 Å². The minimum atomic E-state index is 0.821. The number of thiophene rings is 2. The molecule has 0 saturated heterocycles. The van der Waals surface area contributed by atoms with Crippen LogP contribution in [-0.2, 0) is 12.8 Å². The van der Waals surface area contributed by atoms with Crippen LogP contribution >= 0.6 is 22.7 Å². The molecule has 0 bridgehead atoms. The summed E-state index contributed by atoms with van der Waals surface area (Å²) in [5.41, 5.74) is 4.49. The first-order chi connectivity index (χ1) is 9.92. The molecule has 3 aromatic rings. The van der Waals surface area contributed by atoms with Crippen LogP contribution < -0.4 is 5.43 Å². The second-order valence-corrected chi connectivity index (χ2v) is 6.71. The molecule has 1 aliphatic carbocycles. The molecule has 20 heavy (non-hydrogen) atoms. The Bertz CT molecular complexity index is 774. The number of aromatic nitrogens is 2. The van der Waals surface area contributed by atoms with Crippen LogP contribution in [0.15, 0.2) is 28.9 Å². The smallest absolute Gasteiger partial charge is 0.158 e. The van der Waals surface area contributed by atoms with Gasteiger partial charge in [-0.1, -0.05) is 6.07 Å². The largest absolute Gasteiger partial charge is 0.261 e. The van der Waals surface area contributed by atoms with Crippen LogP contribution in [-0.4, -0.2) is 16.2 Å². The van der Waals surface area contributed by atoms with Crippen molar-refractivity contribution in [2.45, 2.75) is 19.3 Å². The van der Waals surface area contributed by atoms with Gasteiger partial charge in [0.15, 0.2) is 5.82 Å². The van der Waals surface area contributed by atoms with Crippen molar-refractivity contribution in [2.24, 2.45) is 5.10 Å². The predicted molar refractivity (Wildman–Crippen MR) is 85.0 cm³/mol. The van der Waals surface area contributed by atoms with Crippen molar-refractivity contribution in [3.63, 3.8) is 0 Å². The zero-order valence-electron chi connectivity index (χ0n) is 10.7. The Hall–Kier alpha value is -1.79. The molecule has 0 saturated carbocycles. The topological polar surface area (TPSA) is 50.2 Å². The molecule has 3 aromatic heterocycles. The van der Waals surface area contributed by atoms with E-state index in [-0.39, 0.29) is 0 Å². The van der Waals surface area contributed by atoms with Crippen molar-refractivity contribution in [2.75, 3.05) is 5.43 Å². The minimum absolute atomic E-state index is 0.821. The lowest BCUT2D eigenvalue weighted by Crippen LogP contribution is -1.95. The van der Waals surface area contributed by atoms with E-state index >= 15 is 0 Å². The molecular formula is C14H12N4S2. The second-order valence-electron chi connectivity index (χ2n) is 4.65. The Labute approximate surface area is 124 Å². The molecule has 4 rings (SSSR count). The van der Waals surface area contributed by atoms with Gasteiger partial charge in [-0.15, -0.1) is 22.7 Å². The molecule has 0 fully saturated rings. The third kappa shape index (κ3) is 2.01. The predicted octanol–water partition coefficient (Wildman–Crippen LogP) is 3.69. The quantitative estimate of drug-likeness (QED) is 0.593. The van der Waals surface area contributed by atoms with E-state index in [9.17, 15) is 0 Å². The van der Waals surface area contributed by atoms with Gasteiger partial charge in [0.05, 0.1) is 11.6 Å². The summed E-state index contributed by atoms with van der Waals surface area (Å²) in [6.45, 7) is 0. The average molecular weight is 300 g/mol. The fourth-order valence-corrected chi connectivity index (χ4v) is 4.35. The molecule has 0 unspecified atom stereocenters. The van der Waals surface area contributed by atoms with Crippen molar-refractivity contribution in [3.05, 3.63) is 39.2 Å². The number of hydrazone groups is 1. The Morgan fingerprint density at radius 3 is 3.20 bits per heavy atom. The Kier molecular flexibility index (Phi) is 2.97. The second kappa shape index (κ2) is 4.96. The lowest BCUT2D eigenvalue weighted by atomic mass is 10.2. The number of rotatable bonds is 3. The normalized spacial score (nSPS) is 14.2. The van der Waals surface area contributed by atoms with Gasteiger partial charge in [-0.2, -0.15) is 5.10 Å². The zero-order valence-corrected chi connectivity index (χ0v) is 12.3. The van der Waals surface area contributed by atoms with Gasteiger partial charge in [0.1, 0.15) is 11.2 Å². The first-order valence-corrected chi connectivity index (χ1v) is 8.19. The van der Waals surface area contributed by atoms with Gasteiger partial charge in [0, 0.05) is 9.75 Å². The number of hydrogen-bond donors (Lipinski definition) is 1. The Balaban J connectivity index is 1.69. The summed E-state index contributed by atoms with van der Waals surface area (Å²) < 4.78 is 0. The lowest BCUT2D eigenvalue weighted by Gasteiger charge is -2.02. The van der Waals surface area contributed by atoms with Crippen LogP contribution in [0.25, 0.3) is 10.2 Å². The minimum Gasteiger partial charge on any atom is -0.261 e. The first-order valence-electron chi connectivity index (χ1n) is 6.49. The van der Waals surface area contributed by atoms with E-state index in [4.69, 9.17) is 0 Å². The molecule has 100 valence electrons. The highest BCUT2D eigenvalue weighted by molar-refractivity contribution is 7.19. The SMILES string of the molecule is C(=N/Nc1ncnc2sc3c(c12)CCC3)/c1cccs1. The maximum Gasteiger partial charge on any atom is 0.158 e. The highest BCUT2D eigenvalue weighted by Crippen LogP contribution is 2.38. The van der Waals surface area contributed by atoms with E-state index in [0.29, 0.717) is 0 Å². The number of anilines is 1. The van der Waals surface area contributed by atoms with Crippen LogP contribution in [0.5, 0.6) is 0 Å². The van der Waals surface area contributed by atoms with E-state index < -0.39 is 0 Å². The molecule has 0 amide bonds. The van der Waals surface area contributed by atoms with Crippen LogP contribution in [0.4, 0.5) is 5.82 Å². The van der Waals surface area contributed by atoms with Gasteiger partial charge in [-0.25, -0.2) is 9.97 Å². The molecule has 3 heterocycles. The average Bonchev–Trinajstić information content (AvgIpc) is 3.14. The maximum absolute atomic E-state index is 4.38. The molecule has 4 nitrogen and oxygen atoms in total. The zero-order chi connectivity index (χ0) is 13.4. The van der Waals surface area contributed by atoms with Gasteiger partial charge in [-0.05, 0) is 36.3 Å². The first kappa shape index (κ1) is 12.0. The summed E-state index contributed by atoms with van der Waals surface area (Å²) in [6.07, 6.45) is 6.98. The molecule has 0 spiro atoms. The third-order valence-corrected chi connectivity index (χ3v) is 5.41. The number of fused-ring (bicyclic) bond motifs is 3. The maximum atomic E-state index is 4.38. The van der Waals surface area contributed by atoms with Crippen LogP contribution in [0, 0.1) is 0 Å². The van der Waals surface area contributed by atoms with Crippen molar-refractivity contribution >= 4 is 44.9 Å². The van der Waals surface area contributed by atoms with Gasteiger partial charge in [0.25, 0.3) is 0 Å². The number of nitrogens with one attached hydrogen (secondary N) is 1. The van der Waals surface area contributed by atoms with E-state index in [0.717, 1.165) is 27.3 Å². The molecule has 0 aromatic carbocycles. The summed E-state index contributed by atoms with van der Waals surface area (Å²) in [6, 6.07) is 4.05. The molecule has 6 heteroatoms. The van der Waals surface area contributed by atoms with E-state index in [1.807, 2.05) is 23.7 Å². The molecule has 0 atom stereocenters. The number of nitrogens with zero attached hydrogens (tertiary/aromatic N) is 3. The highest BCUT2D eigenvalue weighted by atomic mass is 32.1. The van der Waals surface area contributed by atoms with Crippen molar-refractivity contribution in [3.8, 4) is 0 Å². The van der Waals surface area contributed by atoms with Gasteiger partial charge < -0.3 is 0 Å². The van der Waals surface area contributed by atoms with Gasteiger partial charge >= 0.3 is 0 Å². The summed E-state index contributed by atoms with van der Waals surface area (Å²) >= 11 is 3.45. The number of hydrogen-bond acceptors (Lipinski definition) is 6. The number of aryl methyl sites for hydroxylation is 2. The fourth-order valence-electron chi connectivity index (χ4n) is 2.54. The van der Waals surface area contributed by atoms with E-state index in [1.165, 1.54) is 23.3 Å².